The van der Waals surface area contributed by atoms with Crippen molar-refractivity contribution in [2.24, 2.45) is 0 Å². The number of morpholine rings is 1. The zero-order valence-electron chi connectivity index (χ0n) is 11.4. The molecule has 1 aliphatic heterocycles. The fourth-order valence-electron chi connectivity index (χ4n) is 1.82. The van der Waals surface area contributed by atoms with E-state index in [2.05, 4.69) is 5.32 Å². The number of carbonyl (C=O) groups excluding carboxylic acids is 1. The van der Waals surface area contributed by atoms with Gasteiger partial charge in [-0.2, -0.15) is 0 Å². The van der Waals surface area contributed by atoms with E-state index in [0.717, 1.165) is 6.42 Å². The standard InChI is InChI=1S/C12H22N2O4/c1-5-9-7-18-8(2)6-14(9)11(17)13-12(3,4)10(15)16/h8-9H,5-7H2,1-4H3,(H,13,17)(H,15,16). The van der Waals surface area contributed by atoms with Gasteiger partial charge >= 0.3 is 12.0 Å². The van der Waals surface area contributed by atoms with Crippen LogP contribution < -0.4 is 5.32 Å². The largest absolute Gasteiger partial charge is 0.480 e. The van der Waals surface area contributed by atoms with Gasteiger partial charge in [0.2, 0.25) is 0 Å². The molecule has 0 radical (unpaired) electrons. The van der Waals surface area contributed by atoms with Crippen molar-refractivity contribution in [2.75, 3.05) is 13.2 Å². The second-order valence-electron chi connectivity index (χ2n) is 5.22. The van der Waals surface area contributed by atoms with Crippen LogP contribution in [0.4, 0.5) is 4.79 Å². The number of carboxylic acid groups (broad SMARTS) is 1. The van der Waals surface area contributed by atoms with Gasteiger partial charge in [-0.3, -0.25) is 0 Å². The maximum atomic E-state index is 12.1. The molecule has 0 aromatic heterocycles. The molecule has 1 saturated heterocycles. The number of amides is 2. The van der Waals surface area contributed by atoms with E-state index in [0.29, 0.717) is 13.2 Å². The lowest BCUT2D eigenvalue weighted by atomic mass is 10.1. The van der Waals surface area contributed by atoms with Crippen molar-refractivity contribution in [3.63, 3.8) is 0 Å². The van der Waals surface area contributed by atoms with Crippen LogP contribution in [0, 0.1) is 0 Å². The fraction of sp³-hybridized carbons (Fsp3) is 0.833. The first-order valence-electron chi connectivity index (χ1n) is 6.21. The van der Waals surface area contributed by atoms with Crippen molar-refractivity contribution in [3.05, 3.63) is 0 Å². The Morgan fingerprint density at radius 2 is 2.11 bits per heavy atom. The van der Waals surface area contributed by atoms with Crippen LogP contribution in [0.5, 0.6) is 0 Å². The van der Waals surface area contributed by atoms with Gasteiger partial charge in [-0.25, -0.2) is 9.59 Å². The number of ether oxygens (including phenoxy) is 1. The van der Waals surface area contributed by atoms with E-state index in [-0.39, 0.29) is 18.2 Å². The van der Waals surface area contributed by atoms with E-state index in [1.807, 2.05) is 13.8 Å². The van der Waals surface area contributed by atoms with Crippen molar-refractivity contribution in [1.29, 1.82) is 0 Å². The molecule has 2 unspecified atom stereocenters. The minimum Gasteiger partial charge on any atom is -0.480 e. The number of hydrogen-bond acceptors (Lipinski definition) is 3. The smallest absolute Gasteiger partial charge is 0.328 e. The third-order valence-corrected chi connectivity index (χ3v) is 3.15. The Morgan fingerprint density at radius 1 is 1.50 bits per heavy atom. The molecule has 0 bridgehead atoms. The number of hydrogen-bond donors (Lipinski definition) is 2. The predicted molar refractivity (Wildman–Crippen MR) is 66.4 cm³/mol. The number of carboxylic acids is 1. The van der Waals surface area contributed by atoms with E-state index in [9.17, 15) is 9.59 Å². The van der Waals surface area contributed by atoms with Crippen LogP contribution in [0.1, 0.15) is 34.1 Å². The quantitative estimate of drug-likeness (QED) is 0.793. The van der Waals surface area contributed by atoms with Crippen molar-refractivity contribution in [3.8, 4) is 0 Å². The molecule has 1 heterocycles. The second kappa shape index (κ2) is 5.56. The molecule has 2 N–H and O–H groups in total. The van der Waals surface area contributed by atoms with Crippen LogP contribution in [-0.4, -0.2) is 52.8 Å². The highest BCUT2D eigenvalue weighted by Crippen LogP contribution is 2.15. The fourth-order valence-corrected chi connectivity index (χ4v) is 1.82. The summed E-state index contributed by atoms with van der Waals surface area (Å²) in [5.41, 5.74) is -1.27. The first-order chi connectivity index (χ1) is 8.27. The number of urea groups is 1. The molecule has 2 amide bonds. The number of aliphatic carboxylic acids is 1. The van der Waals surface area contributed by atoms with Crippen molar-refractivity contribution >= 4 is 12.0 Å². The van der Waals surface area contributed by atoms with Gasteiger partial charge in [-0.05, 0) is 27.2 Å². The number of nitrogens with one attached hydrogen (secondary N) is 1. The highest BCUT2D eigenvalue weighted by atomic mass is 16.5. The number of carbonyl (C=O) groups is 2. The summed E-state index contributed by atoms with van der Waals surface area (Å²) in [6.45, 7) is 7.80. The SMILES string of the molecule is CCC1COC(C)CN1C(=O)NC(C)(C)C(=O)O. The molecule has 2 atom stereocenters. The molecule has 1 aliphatic rings. The molecule has 0 aromatic carbocycles. The van der Waals surface area contributed by atoms with Gasteiger partial charge in [0.25, 0.3) is 0 Å². The summed E-state index contributed by atoms with van der Waals surface area (Å²) in [5.74, 6) is -1.05. The summed E-state index contributed by atoms with van der Waals surface area (Å²) >= 11 is 0. The average molecular weight is 258 g/mol. The Bertz CT molecular complexity index is 330. The minimum absolute atomic E-state index is 0.00537. The molecule has 0 spiro atoms. The maximum Gasteiger partial charge on any atom is 0.328 e. The molecule has 104 valence electrons. The highest BCUT2D eigenvalue weighted by molar-refractivity contribution is 5.85. The summed E-state index contributed by atoms with van der Waals surface area (Å²) in [7, 11) is 0. The first-order valence-corrected chi connectivity index (χ1v) is 6.21. The molecule has 0 aliphatic carbocycles. The normalized spacial score (nSPS) is 24.8. The maximum absolute atomic E-state index is 12.1. The summed E-state index contributed by atoms with van der Waals surface area (Å²) in [5, 5.41) is 11.5. The van der Waals surface area contributed by atoms with Crippen LogP contribution in [0.15, 0.2) is 0 Å². The topological polar surface area (TPSA) is 78.9 Å². The highest BCUT2D eigenvalue weighted by Gasteiger charge is 2.35. The van der Waals surface area contributed by atoms with Crippen LogP contribution in [-0.2, 0) is 9.53 Å². The van der Waals surface area contributed by atoms with E-state index in [4.69, 9.17) is 9.84 Å². The van der Waals surface area contributed by atoms with E-state index in [1.54, 1.807) is 4.90 Å². The first kappa shape index (κ1) is 14.8. The Morgan fingerprint density at radius 3 is 2.61 bits per heavy atom. The van der Waals surface area contributed by atoms with E-state index < -0.39 is 11.5 Å². The summed E-state index contributed by atoms with van der Waals surface area (Å²) in [4.78, 5) is 24.8. The van der Waals surface area contributed by atoms with Gasteiger partial charge in [0.05, 0.1) is 18.8 Å². The van der Waals surface area contributed by atoms with Crippen molar-refractivity contribution in [2.45, 2.75) is 51.8 Å². The lowest BCUT2D eigenvalue weighted by Crippen LogP contribution is -2.60. The predicted octanol–water partition coefficient (Wildman–Crippen LogP) is 1.06. The van der Waals surface area contributed by atoms with E-state index >= 15 is 0 Å². The average Bonchev–Trinajstić information content (AvgIpc) is 2.28. The number of rotatable bonds is 3. The van der Waals surface area contributed by atoms with Crippen LogP contribution in [0.2, 0.25) is 0 Å². The van der Waals surface area contributed by atoms with Crippen molar-refractivity contribution in [1.82, 2.24) is 10.2 Å². The zero-order valence-corrected chi connectivity index (χ0v) is 11.4. The molecule has 6 heteroatoms. The Hall–Kier alpha value is -1.30. The summed E-state index contributed by atoms with van der Waals surface area (Å²) in [6.07, 6.45) is 0.764. The molecule has 18 heavy (non-hydrogen) atoms. The minimum atomic E-state index is -1.27. The molecular weight excluding hydrogens is 236 g/mol. The molecule has 6 nitrogen and oxygen atoms in total. The monoisotopic (exact) mass is 258 g/mol. The summed E-state index contributed by atoms with van der Waals surface area (Å²) < 4.78 is 5.50. The summed E-state index contributed by atoms with van der Waals surface area (Å²) in [6, 6.07) is -0.338. The number of nitrogens with zero attached hydrogens (tertiary/aromatic N) is 1. The third kappa shape index (κ3) is 3.35. The second-order valence-corrected chi connectivity index (χ2v) is 5.22. The van der Waals surface area contributed by atoms with Gasteiger partial charge in [0.1, 0.15) is 5.54 Å². The Balaban J connectivity index is 2.72. The van der Waals surface area contributed by atoms with Crippen molar-refractivity contribution < 1.29 is 19.4 Å². The lowest BCUT2D eigenvalue weighted by molar-refractivity contribution is -0.143. The Kier molecular flexibility index (Phi) is 4.56. The van der Waals surface area contributed by atoms with Crippen LogP contribution in [0.3, 0.4) is 0 Å². The zero-order chi connectivity index (χ0) is 13.9. The van der Waals surface area contributed by atoms with Gasteiger partial charge in [0, 0.05) is 6.54 Å². The molecule has 0 saturated carbocycles. The molecule has 1 rings (SSSR count). The van der Waals surface area contributed by atoms with Crippen LogP contribution >= 0.6 is 0 Å². The van der Waals surface area contributed by atoms with Gasteiger partial charge in [-0.1, -0.05) is 6.92 Å². The van der Waals surface area contributed by atoms with Crippen LogP contribution in [0.25, 0.3) is 0 Å². The third-order valence-electron chi connectivity index (χ3n) is 3.15. The van der Waals surface area contributed by atoms with Gasteiger partial charge in [0.15, 0.2) is 0 Å². The molecular formula is C12H22N2O4. The van der Waals surface area contributed by atoms with Gasteiger partial charge < -0.3 is 20.1 Å². The van der Waals surface area contributed by atoms with E-state index in [1.165, 1.54) is 13.8 Å². The molecule has 1 fully saturated rings. The lowest BCUT2D eigenvalue weighted by Gasteiger charge is -2.39. The Labute approximate surface area is 107 Å². The van der Waals surface area contributed by atoms with Gasteiger partial charge in [-0.15, -0.1) is 0 Å². The molecule has 0 aromatic rings.